The largest absolute Gasteiger partial charge is 0.481 e. The number of carbonyl (C=O) groups excluding carboxylic acids is 2. The first-order valence-corrected chi connectivity index (χ1v) is 12.3. The first kappa shape index (κ1) is 35.6. The van der Waals surface area contributed by atoms with Crippen molar-refractivity contribution in [3.63, 3.8) is 0 Å². The molecule has 0 heterocycles. The number of hydrogen-bond donors (Lipinski definition) is 6. The van der Waals surface area contributed by atoms with Gasteiger partial charge in [0.05, 0.1) is 35.0 Å². The maximum absolute atomic E-state index is 11.2. The number of nitrogens with zero attached hydrogens (tertiary/aromatic N) is 2. The van der Waals surface area contributed by atoms with Crippen LogP contribution in [0.3, 0.4) is 0 Å². The Hall–Kier alpha value is -2.53. The highest BCUT2D eigenvalue weighted by atomic mass is 16.4. The maximum atomic E-state index is 11.2. The number of ketones is 1. The lowest BCUT2D eigenvalue weighted by Gasteiger charge is -2.32. The first-order valence-electron chi connectivity index (χ1n) is 12.3. The van der Waals surface area contributed by atoms with Gasteiger partial charge in [0.25, 0.3) is 0 Å². The molecule has 0 aliphatic rings. The summed E-state index contributed by atoms with van der Waals surface area (Å²) in [5.74, 6) is -0.593. The van der Waals surface area contributed by atoms with Crippen LogP contribution in [0.5, 0.6) is 0 Å². The van der Waals surface area contributed by atoms with Crippen LogP contribution in [0.2, 0.25) is 0 Å². The SMILES string of the molecule is C/C(=N\O)C(C)(C)NCC(CNC(C)(C)/C(CCC(=O)O)=N/O)NC=O.CCCCC(=O)C(C)(C)C. The number of carboxylic acid groups (broad SMARTS) is 1. The van der Waals surface area contributed by atoms with Crippen molar-refractivity contribution >= 4 is 29.6 Å². The number of amides is 1. The highest BCUT2D eigenvalue weighted by Crippen LogP contribution is 2.18. The highest BCUT2D eigenvalue weighted by Gasteiger charge is 2.28. The van der Waals surface area contributed by atoms with E-state index >= 15 is 0 Å². The molecular weight excluding hydrogens is 466 g/mol. The number of hydrogen-bond acceptors (Lipinski definition) is 9. The molecule has 1 atom stereocenters. The van der Waals surface area contributed by atoms with E-state index in [1.54, 1.807) is 20.8 Å². The summed E-state index contributed by atoms with van der Waals surface area (Å²) in [7, 11) is 0. The number of aliphatic carboxylic acids is 1. The summed E-state index contributed by atoms with van der Waals surface area (Å²) in [6.45, 7) is 17.7. The summed E-state index contributed by atoms with van der Waals surface area (Å²) in [6.07, 6.45) is 3.45. The van der Waals surface area contributed by atoms with Crippen molar-refractivity contribution in [3.05, 3.63) is 0 Å². The average Bonchev–Trinajstić information content (AvgIpc) is 2.78. The van der Waals surface area contributed by atoms with Gasteiger partial charge in [-0.2, -0.15) is 0 Å². The van der Waals surface area contributed by atoms with Crippen molar-refractivity contribution in [2.45, 2.75) is 112 Å². The molecule has 210 valence electrons. The third-order valence-electron chi connectivity index (χ3n) is 5.95. The summed E-state index contributed by atoms with van der Waals surface area (Å²) in [4.78, 5) is 32.8. The van der Waals surface area contributed by atoms with Crippen LogP contribution in [0.25, 0.3) is 0 Å². The lowest BCUT2D eigenvalue weighted by Crippen LogP contribution is -2.57. The van der Waals surface area contributed by atoms with Gasteiger partial charge < -0.3 is 31.5 Å². The molecule has 0 saturated heterocycles. The fraction of sp³-hybridized carbons (Fsp3) is 0.800. The molecule has 11 heteroatoms. The Morgan fingerprint density at radius 3 is 1.81 bits per heavy atom. The molecule has 0 aromatic carbocycles. The molecule has 11 nitrogen and oxygen atoms in total. The highest BCUT2D eigenvalue weighted by molar-refractivity contribution is 5.94. The summed E-state index contributed by atoms with van der Waals surface area (Å²) in [6, 6.07) is -0.294. The van der Waals surface area contributed by atoms with E-state index in [2.05, 4.69) is 33.2 Å². The quantitative estimate of drug-likeness (QED) is 0.0787. The maximum Gasteiger partial charge on any atom is 0.303 e. The predicted octanol–water partition coefficient (Wildman–Crippen LogP) is 3.17. The van der Waals surface area contributed by atoms with Crippen LogP contribution in [-0.4, -0.2) is 75.3 Å². The Balaban J connectivity index is 0. The summed E-state index contributed by atoms with van der Waals surface area (Å²) in [5, 5.41) is 42.3. The third-order valence-corrected chi connectivity index (χ3v) is 5.95. The van der Waals surface area contributed by atoms with E-state index < -0.39 is 17.0 Å². The van der Waals surface area contributed by atoms with Crippen molar-refractivity contribution < 1.29 is 29.9 Å². The van der Waals surface area contributed by atoms with Gasteiger partial charge in [0.1, 0.15) is 5.78 Å². The van der Waals surface area contributed by atoms with Crippen LogP contribution in [0.15, 0.2) is 10.3 Å². The molecule has 0 bridgehead atoms. The van der Waals surface area contributed by atoms with Gasteiger partial charge in [-0.3, -0.25) is 14.4 Å². The molecule has 0 fully saturated rings. The zero-order chi connectivity index (χ0) is 28.6. The molecule has 0 aliphatic heterocycles. The summed E-state index contributed by atoms with van der Waals surface area (Å²) < 4.78 is 0. The van der Waals surface area contributed by atoms with E-state index in [0.29, 0.717) is 36.7 Å². The molecular formula is C25H49N5O6. The van der Waals surface area contributed by atoms with Gasteiger partial charge in [-0.1, -0.05) is 44.4 Å². The van der Waals surface area contributed by atoms with Crippen molar-refractivity contribution in [2.24, 2.45) is 15.7 Å². The molecule has 0 aliphatic carbocycles. The standard InChI is InChI=1S/C16H31N5O5.C9H18O/c1-11(20-25)15(2,3)18-8-12(17-10-22)9-19-16(4,5)13(21-26)6-7-14(23)24;1-5-6-7-8(10)9(2,3)4/h10,12,18-19,25-26H,6-9H2,1-5H3,(H,17,22)(H,23,24);5-7H2,1-4H3/b20-11+,21-13+;. The second-order valence-electron chi connectivity index (χ2n) is 10.9. The summed E-state index contributed by atoms with van der Waals surface area (Å²) in [5.41, 5.74) is -0.646. The molecule has 1 unspecified atom stereocenters. The smallest absolute Gasteiger partial charge is 0.303 e. The van der Waals surface area contributed by atoms with E-state index in [9.17, 15) is 19.6 Å². The van der Waals surface area contributed by atoms with Crippen LogP contribution in [0.4, 0.5) is 0 Å². The first-order chi connectivity index (χ1) is 16.5. The van der Waals surface area contributed by atoms with E-state index in [1.165, 1.54) is 0 Å². The van der Waals surface area contributed by atoms with Crippen molar-refractivity contribution in [1.29, 1.82) is 0 Å². The topological polar surface area (TPSA) is 173 Å². The van der Waals surface area contributed by atoms with Crippen LogP contribution in [0, 0.1) is 5.41 Å². The Morgan fingerprint density at radius 2 is 1.42 bits per heavy atom. The van der Waals surface area contributed by atoms with E-state index in [-0.39, 0.29) is 24.3 Å². The van der Waals surface area contributed by atoms with Crippen LogP contribution in [0.1, 0.15) is 94.4 Å². The fourth-order valence-corrected chi connectivity index (χ4v) is 2.82. The Morgan fingerprint density at radius 1 is 0.889 bits per heavy atom. The minimum Gasteiger partial charge on any atom is -0.481 e. The van der Waals surface area contributed by atoms with Crippen LogP contribution < -0.4 is 16.0 Å². The number of nitrogens with one attached hydrogen (secondary N) is 3. The van der Waals surface area contributed by atoms with E-state index in [4.69, 9.17) is 10.3 Å². The molecule has 36 heavy (non-hydrogen) atoms. The van der Waals surface area contributed by atoms with Gasteiger partial charge in [-0.05, 0) is 41.0 Å². The lowest BCUT2D eigenvalue weighted by molar-refractivity contribution is -0.136. The molecule has 0 aromatic rings. The number of rotatable bonds is 16. The minimum absolute atomic E-state index is 0.106. The van der Waals surface area contributed by atoms with Crippen molar-refractivity contribution in [2.75, 3.05) is 13.1 Å². The van der Waals surface area contributed by atoms with E-state index in [1.807, 2.05) is 34.6 Å². The van der Waals surface area contributed by atoms with Gasteiger partial charge in [0, 0.05) is 31.3 Å². The fourth-order valence-electron chi connectivity index (χ4n) is 2.82. The average molecular weight is 516 g/mol. The molecule has 0 radical (unpaired) electrons. The zero-order valence-corrected chi connectivity index (χ0v) is 23.6. The molecule has 1 amide bonds. The molecule has 0 spiro atoms. The molecule has 0 aromatic heterocycles. The number of unbranched alkanes of at least 4 members (excludes halogenated alkanes) is 1. The van der Waals surface area contributed by atoms with Gasteiger partial charge in [0.15, 0.2) is 0 Å². The second-order valence-corrected chi connectivity index (χ2v) is 10.9. The second kappa shape index (κ2) is 17.0. The Bertz CT molecular complexity index is 742. The minimum atomic E-state index is -0.977. The number of carboxylic acids is 1. The summed E-state index contributed by atoms with van der Waals surface area (Å²) >= 11 is 0. The molecule has 0 saturated carbocycles. The van der Waals surface area contributed by atoms with Crippen LogP contribution in [-0.2, 0) is 14.4 Å². The Labute approximate surface area is 216 Å². The molecule has 0 rings (SSSR count). The van der Waals surface area contributed by atoms with Gasteiger partial charge >= 0.3 is 5.97 Å². The van der Waals surface area contributed by atoms with E-state index in [0.717, 1.165) is 19.3 Å². The number of oxime groups is 2. The third kappa shape index (κ3) is 15.5. The Kier molecular flexibility index (Phi) is 16.8. The van der Waals surface area contributed by atoms with Crippen molar-refractivity contribution in [3.8, 4) is 0 Å². The normalized spacial score (nSPS) is 13.9. The van der Waals surface area contributed by atoms with Gasteiger partial charge in [-0.15, -0.1) is 0 Å². The zero-order valence-electron chi connectivity index (χ0n) is 23.6. The number of carbonyl (C=O) groups is 3. The predicted molar refractivity (Wildman–Crippen MR) is 142 cm³/mol. The number of Topliss-reactive ketones (excluding diaryl/α,β-unsaturated/α-hetero) is 1. The van der Waals surface area contributed by atoms with Crippen molar-refractivity contribution in [1.82, 2.24) is 16.0 Å². The van der Waals surface area contributed by atoms with Gasteiger partial charge in [0.2, 0.25) is 6.41 Å². The van der Waals surface area contributed by atoms with Gasteiger partial charge in [-0.25, -0.2) is 0 Å². The van der Waals surface area contributed by atoms with Crippen LogP contribution >= 0.6 is 0 Å². The monoisotopic (exact) mass is 515 g/mol. The molecule has 6 N–H and O–H groups in total. The lowest BCUT2D eigenvalue weighted by atomic mass is 9.88.